The molecule has 2 aromatic carbocycles. The summed E-state index contributed by atoms with van der Waals surface area (Å²) in [6.45, 7) is 3.56. The first-order valence-electron chi connectivity index (χ1n) is 9.76. The molecule has 0 aliphatic rings. The monoisotopic (exact) mass is 426 g/mol. The second-order valence-electron chi connectivity index (χ2n) is 6.40. The molecule has 3 rings (SSSR count). The maximum absolute atomic E-state index is 9.71. The lowest BCUT2D eigenvalue weighted by Crippen LogP contribution is -2.11. The number of methoxy groups -OCH3 is 1. The normalized spacial score (nSPS) is 9.97. The molecule has 1 heterocycles. The maximum atomic E-state index is 9.71. The van der Waals surface area contributed by atoms with E-state index in [1.54, 1.807) is 7.11 Å². The molecule has 0 saturated carbocycles. The van der Waals surface area contributed by atoms with E-state index in [9.17, 15) is 10.1 Å². The van der Waals surface area contributed by atoms with E-state index in [2.05, 4.69) is 28.2 Å². The van der Waals surface area contributed by atoms with E-state index in [1.165, 1.54) is 0 Å². The van der Waals surface area contributed by atoms with Gasteiger partial charge in [-0.25, -0.2) is 0 Å². The van der Waals surface area contributed by atoms with Gasteiger partial charge in [0.15, 0.2) is 0 Å². The van der Waals surface area contributed by atoms with E-state index in [1.807, 2.05) is 49.5 Å². The van der Waals surface area contributed by atoms with Crippen LogP contribution in [0.25, 0.3) is 22.2 Å². The number of ether oxygens (including phenoxy) is 1. The lowest BCUT2D eigenvalue weighted by molar-refractivity contribution is -0.109. The van der Waals surface area contributed by atoms with E-state index in [4.69, 9.17) is 16.3 Å². The van der Waals surface area contributed by atoms with Crippen molar-refractivity contribution >= 4 is 34.6 Å². The van der Waals surface area contributed by atoms with Gasteiger partial charge in [0, 0.05) is 43.2 Å². The molecule has 0 unspecified atom stereocenters. The third kappa shape index (κ3) is 5.25. The fourth-order valence-electron chi connectivity index (χ4n) is 3.22. The van der Waals surface area contributed by atoms with Crippen LogP contribution in [0.5, 0.6) is 5.75 Å². The van der Waals surface area contributed by atoms with Gasteiger partial charge in [-0.3, -0.25) is 4.79 Å². The van der Waals surface area contributed by atoms with Gasteiger partial charge in [-0.2, -0.15) is 5.26 Å². The van der Waals surface area contributed by atoms with Crippen molar-refractivity contribution in [2.24, 2.45) is 0 Å². The Morgan fingerprint density at radius 3 is 2.50 bits per heavy atom. The number of amides is 1. The van der Waals surface area contributed by atoms with Crippen LogP contribution >= 0.6 is 11.6 Å². The summed E-state index contributed by atoms with van der Waals surface area (Å²) >= 11 is 5.28. The van der Waals surface area contributed by atoms with Crippen LogP contribution < -0.4 is 15.4 Å². The number of fused-ring (bicyclic) bond motifs is 1. The third-order valence-corrected chi connectivity index (χ3v) is 4.95. The second kappa shape index (κ2) is 11.7. The molecule has 0 saturated heterocycles. The standard InChI is InChI=1S/C19H19N3O.C4H8ClNO/c1-4-22-18-11-15(23-3)9-10-16(18)17(12-20)19(22)13-5-7-14(21-2)8-6-13;5-2-1-3-6-4-7/h5-11,21H,4H2,1-3H3;4H,1-3H2,(H,6,7). The topological polar surface area (TPSA) is 79.1 Å². The van der Waals surface area contributed by atoms with Gasteiger partial charge in [0.1, 0.15) is 11.8 Å². The van der Waals surface area contributed by atoms with Crippen molar-refractivity contribution in [1.82, 2.24) is 9.88 Å². The Kier molecular flexibility index (Phi) is 9.04. The number of hydrogen-bond acceptors (Lipinski definition) is 4. The highest BCUT2D eigenvalue weighted by atomic mass is 35.5. The van der Waals surface area contributed by atoms with E-state index in [0.717, 1.165) is 46.6 Å². The Bertz CT molecular complexity index is 1010. The zero-order valence-corrected chi connectivity index (χ0v) is 18.3. The van der Waals surface area contributed by atoms with Gasteiger partial charge in [-0.1, -0.05) is 12.1 Å². The smallest absolute Gasteiger partial charge is 0.207 e. The molecule has 1 aromatic heterocycles. The van der Waals surface area contributed by atoms with Gasteiger partial charge in [0.25, 0.3) is 0 Å². The molecular weight excluding hydrogens is 400 g/mol. The van der Waals surface area contributed by atoms with Gasteiger partial charge in [0.05, 0.1) is 23.9 Å². The molecule has 2 N–H and O–H groups in total. The average molecular weight is 427 g/mol. The minimum absolute atomic E-state index is 0.612. The minimum Gasteiger partial charge on any atom is -0.497 e. The largest absolute Gasteiger partial charge is 0.497 e. The minimum atomic E-state index is 0.612. The van der Waals surface area contributed by atoms with E-state index < -0.39 is 0 Å². The number of hydrogen-bond donors (Lipinski definition) is 2. The number of nitrogens with zero attached hydrogens (tertiary/aromatic N) is 2. The molecule has 0 aliphatic carbocycles. The van der Waals surface area contributed by atoms with Crippen molar-refractivity contribution in [1.29, 1.82) is 5.26 Å². The van der Waals surface area contributed by atoms with Crippen molar-refractivity contribution in [3.05, 3.63) is 48.0 Å². The number of aryl methyl sites for hydroxylation is 1. The van der Waals surface area contributed by atoms with Crippen molar-refractivity contribution in [2.75, 3.05) is 31.9 Å². The Labute approximate surface area is 182 Å². The summed E-state index contributed by atoms with van der Waals surface area (Å²) in [5.41, 5.74) is 4.78. The van der Waals surface area contributed by atoms with E-state index in [-0.39, 0.29) is 0 Å². The van der Waals surface area contributed by atoms with Gasteiger partial charge in [0.2, 0.25) is 6.41 Å². The third-order valence-electron chi connectivity index (χ3n) is 4.68. The Balaban J connectivity index is 0.000000396. The molecule has 158 valence electrons. The first kappa shape index (κ1) is 23.1. The maximum Gasteiger partial charge on any atom is 0.207 e. The molecule has 3 aromatic rings. The second-order valence-corrected chi connectivity index (χ2v) is 6.78. The summed E-state index contributed by atoms with van der Waals surface area (Å²) in [5.74, 6) is 1.41. The van der Waals surface area contributed by atoms with Crippen LogP contribution in [0.1, 0.15) is 18.9 Å². The molecule has 7 heteroatoms. The average Bonchev–Trinajstić information content (AvgIpc) is 3.12. The summed E-state index contributed by atoms with van der Waals surface area (Å²) in [6.07, 6.45) is 1.52. The highest BCUT2D eigenvalue weighted by molar-refractivity contribution is 6.17. The quantitative estimate of drug-likeness (QED) is 0.313. The number of rotatable bonds is 8. The van der Waals surface area contributed by atoms with Crippen LogP contribution in [0.15, 0.2) is 42.5 Å². The van der Waals surface area contributed by atoms with Crippen molar-refractivity contribution in [3.63, 3.8) is 0 Å². The van der Waals surface area contributed by atoms with Crippen LogP contribution in [0.4, 0.5) is 5.69 Å². The molecule has 30 heavy (non-hydrogen) atoms. The van der Waals surface area contributed by atoms with Crippen molar-refractivity contribution < 1.29 is 9.53 Å². The SMILES string of the molecule is CCn1c(-c2ccc(NC)cc2)c(C#N)c2ccc(OC)cc21.O=CNCCCCl. The van der Waals surface area contributed by atoms with Gasteiger partial charge in [-0.05, 0) is 43.2 Å². The summed E-state index contributed by atoms with van der Waals surface area (Å²) in [5, 5.41) is 16.3. The zero-order valence-electron chi connectivity index (χ0n) is 17.5. The Morgan fingerprint density at radius 2 is 1.97 bits per heavy atom. The molecule has 0 fully saturated rings. The van der Waals surface area contributed by atoms with Gasteiger partial charge >= 0.3 is 0 Å². The zero-order chi connectivity index (χ0) is 21.9. The van der Waals surface area contributed by atoms with Gasteiger partial charge < -0.3 is 19.9 Å². The lowest BCUT2D eigenvalue weighted by atomic mass is 10.1. The van der Waals surface area contributed by atoms with Crippen LogP contribution in [-0.4, -0.2) is 37.6 Å². The molecule has 0 atom stereocenters. The van der Waals surface area contributed by atoms with Crippen LogP contribution in [0.3, 0.4) is 0 Å². The number of carbonyl (C=O) groups excluding carboxylic acids is 1. The highest BCUT2D eigenvalue weighted by Gasteiger charge is 2.18. The first-order chi connectivity index (χ1) is 14.6. The molecule has 0 aliphatic heterocycles. The molecule has 6 nitrogen and oxygen atoms in total. The predicted molar refractivity (Wildman–Crippen MR) is 123 cm³/mol. The predicted octanol–water partition coefficient (Wildman–Crippen LogP) is 4.61. The molecular formula is C23H27ClN4O2. The molecule has 1 amide bonds. The number of benzene rings is 2. The molecule has 0 spiro atoms. The summed E-state index contributed by atoms with van der Waals surface area (Å²) < 4.78 is 7.51. The summed E-state index contributed by atoms with van der Waals surface area (Å²) in [7, 11) is 3.55. The Morgan fingerprint density at radius 1 is 1.23 bits per heavy atom. The van der Waals surface area contributed by atoms with Crippen LogP contribution in [-0.2, 0) is 11.3 Å². The Hall–Kier alpha value is -3.17. The number of nitrogens with one attached hydrogen (secondary N) is 2. The van der Waals surface area contributed by atoms with E-state index in [0.29, 0.717) is 24.4 Å². The first-order valence-corrected chi connectivity index (χ1v) is 10.3. The number of aromatic nitrogens is 1. The van der Waals surface area contributed by atoms with Crippen molar-refractivity contribution in [3.8, 4) is 23.1 Å². The molecule has 0 radical (unpaired) electrons. The fourth-order valence-corrected chi connectivity index (χ4v) is 3.35. The summed E-state index contributed by atoms with van der Waals surface area (Å²) in [4.78, 5) is 9.53. The number of carbonyl (C=O) groups is 1. The van der Waals surface area contributed by atoms with Crippen LogP contribution in [0.2, 0.25) is 0 Å². The molecule has 0 bridgehead atoms. The number of anilines is 1. The number of alkyl halides is 1. The lowest BCUT2D eigenvalue weighted by Gasteiger charge is -2.10. The van der Waals surface area contributed by atoms with Crippen LogP contribution in [0, 0.1) is 11.3 Å². The van der Waals surface area contributed by atoms with Gasteiger partial charge in [-0.15, -0.1) is 11.6 Å². The van der Waals surface area contributed by atoms with Crippen molar-refractivity contribution in [2.45, 2.75) is 19.9 Å². The number of nitriles is 1. The van der Waals surface area contributed by atoms with E-state index >= 15 is 0 Å². The number of halogens is 1. The highest BCUT2D eigenvalue weighted by Crippen LogP contribution is 2.35. The fraction of sp³-hybridized carbons (Fsp3) is 0.304. The summed E-state index contributed by atoms with van der Waals surface area (Å²) in [6, 6.07) is 16.4.